The number of thiocarbonyl (C=S) groups is 1. The topological polar surface area (TPSA) is 89.6 Å². The standard InChI is InChI=1S/C16H17N3O4S2/c1-3-22-14(21)13-10(2)17-16(25-13)19-15(24)18-12(20)9-23-11-7-5-4-6-8-11/h4-8H,3,9H2,1-2H3,(H2,17,18,19,20,24). The lowest BCUT2D eigenvalue weighted by atomic mass is 10.3. The van der Waals surface area contributed by atoms with Crippen LogP contribution in [0.4, 0.5) is 5.13 Å². The van der Waals surface area contributed by atoms with Gasteiger partial charge in [-0.1, -0.05) is 29.5 Å². The van der Waals surface area contributed by atoms with Crippen molar-refractivity contribution in [2.24, 2.45) is 0 Å². The number of aromatic nitrogens is 1. The second-order valence-electron chi connectivity index (χ2n) is 4.76. The molecule has 1 aromatic heterocycles. The smallest absolute Gasteiger partial charge is 0.350 e. The third-order valence-corrected chi connectivity index (χ3v) is 4.10. The molecular weight excluding hydrogens is 362 g/mol. The number of aryl methyl sites for hydroxylation is 1. The van der Waals surface area contributed by atoms with E-state index in [0.717, 1.165) is 11.3 Å². The van der Waals surface area contributed by atoms with Gasteiger partial charge < -0.3 is 14.8 Å². The van der Waals surface area contributed by atoms with Gasteiger partial charge in [0, 0.05) is 0 Å². The molecule has 132 valence electrons. The van der Waals surface area contributed by atoms with E-state index in [0.29, 0.717) is 21.5 Å². The van der Waals surface area contributed by atoms with Crippen LogP contribution in [0.25, 0.3) is 0 Å². The van der Waals surface area contributed by atoms with E-state index < -0.39 is 11.9 Å². The summed E-state index contributed by atoms with van der Waals surface area (Å²) in [5.41, 5.74) is 0.535. The Balaban J connectivity index is 1.84. The van der Waals surface area contributed by atoms with E-state index in [2.05, 4.69) is 15.6 Å². The summed E-state index contributed by atoms with van der Waals surface area (Å²) in [7, 11) is 0. The zero-order chi connectivity index (χ0) is 18.2. The second kappa shape index (κ2) is 9.09. The number of anilines is 1. The maximum Gasteiger partial charge on any atom is 0.350 e. The number of hydrogen-bond donors (Lipinski definition) is 2. The van der Waals surface area contributed by atoms with Gasteiger partial charge in [-0.2, -0.15) is 0 Å². The average Bonchev–Trinajstić information content (AvgIpc) is 2.94. The van der Waals surface area contributed by atoms with Crippen molar-refractivity contribution >= 4 is 45.7 Å². The zero-order valence-electron chi connectivity index (χ0n) is 13.7. The zero-order valence-corrected chi connectivity index (χ0v) is 15.3. The first-order valence-corrected chi connectivity index (χ1v) is 8.65. The number of thiazole rings is 1. The van der Waals surface area contributed by atoms with Gasteiger partial charge >= 0.3 is 5.97 Å². The largest absolute Gasteiger partial charge is 0.484 e. The Morgan fingerprint density at radius 1 is 1.28 bits per heavy atom. The van der Waals surface area contributed by atoms with Crippen molar-refractivity contribution < 1.29 is 19.1 Å². The average molecular weight is 379 g/mol. The minimum absolute atomic E-state index is 0.0748. The van der Waals surface area contributed by atoms with Crippen molar-refractivity contribution in [2.45, 2.75) is 13.8 Å². The molecule has 0 saturated heterocycles. The lowest BCUT2D eigenvalue weighted by Gasteiger charge is -2.08. The molecule has 0 aliphatic carbocycles. The molecule has 0 radical (unpaired) electrons. The van der Waals surface area contributed by atoms with Crippen molar-refractivity contribution in [3.63, 3.8) is 0 Å². The molecule has 2 N–H and O–H groups in total. The molecule has 1 amide bonds. The molecule has 9 heteroatoms. The van der Waals surface area contributed by atoms with Crippen LogP contribution in [-0.2, 0) is 9.53 Å². The van der Waals surface area contributed by atoms with E-state index in [9.17, 15) is 9.59 Å². The SMILES string of the molecule is CCOC(=O)c1sc(NC(=S)NC(=O)COc2ccccc2)nc1C. The van der Waals surface area contributed by atoms with Crippen molar-refractivity contribution in [1.29, 1.82) is 0 Å². The van der Waals surface area contributed by atoms with Crippen molar-refractivity contribution in [2.75, 3.05) is 18.5 Å². The number of carbonyl (C=O) groups is 2. The van der Waals surface area contributed by atoms with Gasteiger partial charge in [-0.3, -0.25) is 10.1 Å². The van der Waals surface area contributed by atoms with E-state index in [-0.39, 0.29) is 18.3 Å². The highest BCUT2D eigenvalue weighted by atomic mass is 32.1. The van der Waals surface area contributed by atoms with Crippen LogP contribution in [0, 0.1) is 6.92 Å². The fraction of sp³-hybridized carbons (Fsp3) is 0.250. The van der Waals surface area contributed by atoms with Gasteiger partial charge in [-0.05, 0) is 38.2 Å². The summed E-state index contributed by atoms with van der Waals surface area (Å²) in [6.07, 6.45) is 0. The summed E-state index contributed by atoms with van der Waals surface area (Å²) < 4.78 is 10.3. The van der Waals surface area contributed by atoms with Crippen LogP contribution in [0.5, 0.6) is 5.75 Å². The quantitative estimate of drug-likeness (QED) is 0.589. The van der Waals surface area contributed by atoms with Crippen LogP contribution < -0.4 is 15.4 Å². The molecular formula is C16H17N3O4S2. The molecule has 0 bridgehead atoms. The predicted molar refractivity (Wildman–Crippen MR) is 99.1 cm³/mol. The molecule has 0 unspecified atom stereocenters. The number of benzene rings is 1. The highest BCUT2D eigenvalue weighted by molar-refractivity contribution is 7.80. The molecule has 0 aliphatic heterocycles. The lowest BCUT2D eigenvalue weighted by Crippen LogP contribution is -2.37. The van der Waals surface area contributed by atoms with Gasteiger partial charge in [0.1, 0.15) is 10.6 Å². The number of carbonyl (C=O) groups excluding carboxylic acids is 2. The molecule has 1 aromatic carbocycles. The van der Waals surface area contributed by atoms with E-state index in [1.54, 1.807) is 26.0 Å². The van der Waals surface area contributed by atoms with Crippen molar-refractivity contribution in [3.05, 3.63) is 40.9 Å². The Bertz CT molecular complexity index is 762. The number of nitrogens with zero attached hydrogens (tertiary/aromatic N) is 1. The lowest BCUT2D eigenvalue weighted by molar-refractivity contribution is -0.121. The fourth-order valence-corrected chi connectivity index (χ4v) is 2.93. The van der Waals surface area contributed by atoms with Gasteiger partial charge in [0.25, 0.3) is 5.91 Å². The number of para-hydroxylation sites is 1. The molecule has 7 nitrogen and oxygen atoms in total. The van der Waals surface area contributed by atoms with E-state index >= 15 is 0 Å². The third kappa shape index (κ3) is 5.80. The number of rotatable bonds is 6. The van der Waals surface area contributed by atoms with Crippen molar-refractivity contribution in [1.82, 2.24) is 10.3 Å². The molecule has 2 rings (SSSR count). The third-order valence-electron chi connectivity index (χ3n) is 2.84. The predicted octanol–water partition coefficient (Wildman–Crippen LogP) is 2.52. The number of esters is 1. The summed E-state index contributed by atoms with van der Waals surface area (Å²) in [6, 6.07) is 8.97. The van der Waals surface area contributed by atoms with Crippen molar-refractivity contribution in [3.8, 4) is 5.75 Å². The molecule has 0 atom stereocenters. The Morgan fingerprint density at radius 2 is 2.00 bits per heavy atom. The fourth-order valence-electron chi connectivity index (χ4n) is 1.79. The van der Waals surface area contributed by atoms with Crippen LogP contribution >= 0.6 is 23.6 Å². The minimum atomic E-state index is -0.434. The van der Waals surface area contributed by atoms with Gasteiger partial charge in [0.15, 0.2) is 16.9 Å². The van der Waals surface area contributed by atoms with Crippen LogP contribution in [0.3, 0.4) is 0 Å². The second-order valence-corrected chi connectivity index (χ2v) is 6.17. The summed E-state index contributed by atoms with van der Waals surface area (Å²) >= 11 is 6.17. The van der Waals surface area contributed by atoms with E-state index in [4.69, 9.17) is 21.7 Å². The Morgan fingerprint density at radius 3 is 2.68 bits per heavy atom. The number of amides is 1. The first-order valence-electron chi connectivity index (χ1n) is 7.42. The molecule has 0 fully saturated rings. The Kier molecular flexibility index (Phi) is 6.84. The summed E-state index contributed by atoms with van der Waals surface area (Å²) in [5, 5.41) is 5.73. The first-order chi connectivity index (χ1) is 12.0. The van der Waals surface area contributed by atoms with E-state index in [1.807, 2.05) is 18.2 Å². The van der Waals surface area contributed by atoms with Crippen LogP contribution in [-0.4, -0.2) is 35.2 Å². The van der Waals surface area contributed by atoms with Crippen LogP contribution in [0.15, 0.2) is 30.3 Å². The number of nitrogens with one attached hydrogen (secondary N) is 2. The Hall–Kier alpha value is -2.52. The van der Waals surface area contributed by atoms with Crippen LogP contribution in [0.2, 0.25) is 0 Å². The summed E-state index contributed by atoms with van der Waals surface area (Å²) in [5.74, 6) is -0.247. The monoisotopic (exact) mass is 379 g/mol. The van der Waals surface area contributed by atoms with Gasteiger partial charge in [-0.25, -0.2) is 9.78 Å². The van der Waals surface area contributed by atoms with Crippen LogP contribution in [0.1, 0.15) is 22.3 Å². The van der Waals surface area contributed by atoms with Gasteiger partial charge in [0.05, 0.1) is 12.3 Å². The van der Waals surface area contributed by atoms with E-state index in [1.165, 1.54) is 0 Å². The van der Waals surface area contributed by atoms with Gasteiger partial charge in [0.2, 0.25) is 0 Å². The first kappa shape index (κ1) is 18.8. The molecule has 2 aromatic rings. The molecule has 0 saturated carbocycles. The minimum Gasteiger partial charge on any atom is -0.484 e. The molecule has 0 spiro atoms. The highest BCUT2D eigenvalue weighted by Gasteiger charge is 2.17. The maximum atomic E-state index is 11.8. The van der Waals surface area contributed by atoms with Gasteiger partial charge in [-0.15, -0.1) is 0 Å². The summed E-state index contributed by atoms with van der Waals surface area (Å²) in [4.78, 5) is 28.2. The normalized spacial score (nSPS) is 10.0. The maximum absolute atomic E-state index is 11.8. The number of hydrogen-bond acceptors (Lipinski definition) is 7. The Labute approximate surface area is 154 Å². The molecule has 25 heavy (non-hydrogen) atoms. The molecule has 0 aliphatic rings. The molecule has 1 heterocycles. The highest BCUT2D eigenvalue weighted by Crippen LogP contribution is 2.23. The number of ether oxygens (including phenoxy) is 2. The summed E-state index contributed by atoms with van der Waals surface area (Å²) in [6.45, 7) is 3.55.